The summed E-state index contributed by atoms with van der Waals surface area (Å²) < 4.78 is 13.1. The maximum atomic E-state index is 13.1. The molecule has 0 radical (unpaired) electrons. The van der Waals surface area contributed by atoms with Gasteiger partial charge in [0.05, 0.1) is 5.69 Å². The van der Waals surface area contributed by atoms with E-state index < -0.39 is 6.23 Å². The highest BCUT2D eigenvalue weighted by Gasteiger charge is 2.44. The Kier molecular flexibility index (Phi) is 4.35. The third-order valence-corrected chi connectivity index (χ3v) is 4.66. The highest BCUT2D eigenvalue weighted by atomic mass is 19.1. The van der Waals surface area contributed by atoms with Crippen LogP contribution in [0, 0.1) is 17.7 Å². The highest BCUT2D eigenvalue weighted by molar-refractivity contribution is 5.40. The summed E-state index contributed by atoms with van der Waals surface area (Å²) in [5, 5.41) is 18.7. The van der Waals surface area contributed by atoms with Crippen LogP contribution in [0.4, 0.5) is 4.39 Å². The lowest BCUT2D eigenvalue weighted by Gasteiger charge is -2.29. The van der Waals surface area contributed by atoms with Crippen LogP contribution in [-0.4, -0.2) is 39.0 Å². The molecule has 2 unspecified atom stereocenters. The zero-order chi connectivity index (χ0) is 17.3. The Balaban J connectivity index is 1.77. The van der Waals surface area contributed by atoms with Gasteiger partial charge in [-0.2, -0.15) is 5.10 Å². The van der Waals surface area contributed by atoms with E-state index in [2.05, 4.69) is 35.9 Å². The van der Waals surface area contributed by atoms with E-state index in [0.717, 1.165) is 12.1 Å². The predicted octanol–water partition coefficient (Wildman–Crippen LogP) is 2.53. The number of halogens is 1. The first-order chi connectivity index (χ1) is 11.4. The minimum atomic E-state index is -0.571. The third kappa shape index (κ3) is 3.30. The molecule has 0 amide bonds. The maximum absolute atomic E-state index is 13.1. The third-order valence-electron chi connectivity index (χ3n) is 4.66. The Labute approximate surface area is 141 Å². The number of likely N-dealkylation sites (N-methyl/N-ethyl adjacent to an activating group) is 1. The molecule has 0 aliphatic carbocycles. The van der Waals surface area contributed by atoms with Crippen LogP contribution in [0.25, 0.3) is 0 Å². The molecule has 5 heteroatoms. The first kappa shape index (κ1) is 16.6. The van der Waals surface area contributed by atoms with Crippen LogP contribution < -0.4 is 0 Å². The predicted molar refractivity (Wildman–Crippen MR) is 89.6 cm³/mol. The van der Waals surface area contributed by atoms with Crippen molar-refractivity contribution in [3.05, 3.63) is 59.2 Å². The fraction of sp³-hybridized carbons (Fsp3) is 0.368. The van der Waals surface area contributed by atoms with Crippen molar-refractivity contribution in [2.24, 2.45) is 0 Å². The van der Waals surface area contributed by atoms with Crippen LogP contribution in [-0.2, 0) is 0 Å². The lowest BCUT2D eigenvalue weighted by Crippen LogP contribution is -2.39. The van der Waals surface area contributed by atoms with Crippen molar-refractivity contribution in [3.8, 4) is 11.8 Å². The second-order valence-electron chi connectivity index (χ2n) is 6.75. The highest BCUT2D eigenvalue weighted by Crippen LogP contribution is 2.40. The van der Waals surface area contributed by atoms with Crippen LogP contribution in [0.1, 0.15) is 43.1 Å². The molecule has 1 aliphatic heterocycles. The van der Waals surface area contributed by atoms with Gasteiger partial charge in [-0.1, -0.05) is 12.0 Å². The van der Waals surface area contributed by atoms with Gasteiger partial charge in [-0.05, 0) is 63.6 Å². The summed E-state index contributed by atoms with van der Waals surface area (Å²) in [4.78, 5) is 1.96. The fourth-order valence-electron chi connectivity index (χ4n) is 2.98. The van der Waals surface area contributed by atoms with E-state index in [9.17, 15) is 9.50 Å². The monoisotopic (exact) mass is 325 g/mol. The van der Waals surface area contributed by atoms with Crippen LogP contribution in [0.5, 0.6) is 0 Å². The minimum Gasteiger partial charge on any atom is -0.378 e. The molecule has 3 rings (SSSR count). The average Bonchev–Trinajstić information content (AvgIpc) is 2.77. The minimum absolute atomic E-state index is 0.0669. The Hall–Kier alpha value is -2.29. The molecule has 1 aromatic heterocycles. The molecule has 2 aromatic rings. The summed E-state index contributed by atoms with van der Waals surface area (Å²) >= 11 is 0. The molecule has 0 bridgehead atoms. The second kappa shape index (κ2) is 6.31. The summed E-state index contributed by atoms with van der Waals surface area (Å²) in [5.74, 6) is 5.37. The van der Waals surface area contributed by atoms with Gasteiger partial charge in [-0.15, -0.1) is 5.10 Å². The Morgan fingerprint density at radius 3 is 2.58 bits per heavy atom. The number of aliphatic hydroxyl groups is 1. The van der Waals surface area contributed by atoms with E-state index in [0.29, 0.717) is 11.3 Å². The molecule has 4 nitrogen and oxygen atoms in total. The van der Waals surface area contributed by atoms with Gasteiger partial charge in [-0.3, -0.25) is 4.90 Å². The summed E-state index contributed by atoms with van der Waals surface area (Å²) in [6.45, 7) is 4.20. The number of hydrogen-bond acceptors (Lipinski definition) is 4. The van der Waals surface area contributed by atoms with Crippen molar-refractivity contribution in [1.29, 1.82) is 0 Å². The first-order valence-corrected chi connectivity index (χ1v) is 7.89. The number of aromatic nitrogens is 2. The van der Waals surface area contributed by atoms with Crippen molar-refractivity contribution < 1.29 is 9.50 Å². The van der Waals surface area contributed by atoms with Gasteiger partial charge in [0.15, 0.2) is 0 Å². The average molecular weight is 325 g/mol. The molecule has 1 aliphatic rings. The normalized spacial score (nSPS) is 22.9. The standard InChI is InChI=1S/C19H20FN3O/c1-19(2)12-16(18(24)23(19)3)17-10-9-15(21-22-17)8-7-13-5-4-6-14(20)11-13/h4-6,9-11,16,18,24H,12H2,1-3H3. The SMILES string of the molecule is CN1C(O)C(c2ccc(C#Cc3cccc(F)c3)nn2)CC1(C)C. The van der Waals surface area contributed by atoms with E-state index in [1.807, 2.05) is 18.0 Å². The molecule has 2 atom stereocenters. The number of nitrogens with zero attached hydrogens (tertiary/aromatic N) is 3. The van der Waals surface area contributed by atoms with E-state index in [-0.39, 0.29) is 17.3 Å². The summed E-state index contributed by atoms with van der Waals surface area (Å²) in [6.07, 6.45) is 0.242. The molecule has 2 heterocycles. The van der Waals surface area contributed by atoms with E-state index >= 15 is 0 Å². The molecule has 124 valence electrons. The van der Waals surface area contributed by atoms with E-state index in [4.69, 9.17) is 0 Å². The summed E-state index contributed by atoms with van der Waals surface area (Å²) in [6, 6.07) is 9.75. The summed E-state index contributed by atoms with van der Waals surface area (Å²) in [7, 11) is 1.91. The van der Waals surface area contributed by atoms with Crippen molar-refractivity contribution in [2.45, 2.75) is 38.0 Å². The lowest BCUT2D eigenvalue weighted by molar-refractivity contribution is 0.00567. The molecule has 1 fully saturated rings. The van der Waals surface area contributed by atoms with Gasteiger partial charge in [0.1, 0.15) is 17.7 Å². The molecule has 0 spiro atoms. The van der Waals surface area contributed by atoms with Crippen LogP contribution in [0.2, 0.25) is 0 Å². The van der Waals surface area contributed by atoms with Gasteiger partial charge in [0, 0.05) is 17.0 Å². The lowest BCUT2D eigenvalue weighted by atomic mass is 9.93. The van der Waals surface area contributed by atoms with Gasteiger partial charge in [-0.25, -0.2) is 4.39 Å². The number of rotatable bonds is 1. The van der Waals surface area contributed by atoms with E-state index in [1.165, 1.54) is 12.1 Å². The Morgan fingerprint density at radius 1 is 1.21 bits per heavy atom. The first-order valence-electron chi connectivity index (χ1n) is 7.89. The Morgan fingerprint density at radius 2 is 2.00 bits per heavy atom. The zero-order valence-electron chi connectivity index (χ0n) is 14.0. The van der Waals surface area contributed by atoms with Crippen molar-refractivity contribution >= 4 is 0 Å². The van der Waals surface area contributed by atoms with Crippen molar-refractivity contribution in [1.82, 2.24) is 15.1 Å². The van der Waals surface area contributed by atoms with E-state index in [1.54, 1.807) is 18.2 Å². The van der Waals surface area contributed by atoms with Crippen molar-refractivity contribution in [3.63, 3.8) is 0 Å². The maximum Gasteiger partial charge on any atom is 0.136 e. The van der Waals surface area contributed by atoms with Crippen LogP contribution >= 0.6 is 0 Å². The number of hydrogen-bond donors (Lipinski definition) is 1. The fourth-order valence-corrected chi connectivity index (χ4v) is 2.98. The summed E-state index contributed by atoms with van der Waals surface area (Å²) in [5.41, 5.74) is 1.79. The Bertz CT molecular complexity index is 792. The topological polar surface area (TPSA) is 49.2 Å². The molecule has 24 heavy (non-hydrogen) atoms. The molecule has 1 N–H and O–H groups in total. The van der Waals surface area contributed by atoms with Gasteiger partial charge >= 0.3 is 0 Å². The number of aliphatic hydroxyl groups excluding tert-OH is 1. The van der Waals surface area contributed by atoms with Crippen LogP contribution in [0.3, 0.4) is 0 Å². The molecule has 0 saturated carbocycles. The molecular weight excluding hydrogens is 305 g/mol. The van der Waals surface area contributed by atoms with Crippen molar-refractivity contribution in [2.75, 3.05) is 7.05 Å². The molecular formula is C19H20FN3O. The largest absolute Gasteiger partial charge is 0.378 e. The van der Waals surface area contributed by atoms with Crippen LogP contribution in [0.15, 0.2) is 36.4 Å². The van der Waals surface area contributed by atoms with Gasteiger partial charge < -0.3 is 5.11 Å². The quantitative estimate of drug-likeness (QED) is 0.819. The zero-order valence-corrected chi connectivity index (χ0v) is 14.0. The smallest absolute Gasteiger partial charge is 0.136 e. The number of likely N-dealkylation sites (tertiary alicyclic amines) is 1. The molecule has 1 saturated heterocycles. The van der Waals surface area contributed by atoms with Gasteiger partial charge in [0.25, 0.3) is 0 Å². The van der Waals surface area contributed by atoms with Gasteiger partial charge in [0.2, 0.25) is 0 Å². The number of benzene rings is 1. The molecule has 1 aromatic carbocycles. The second-order valence-corrected chi connectivity index (χ2v) is 6.75.